The van der Waals surface area contributed by atoms with E-state index in [1.807, 2.05) is 12.1 Å². The molecular weight excluding hydrogens is 267 g/mol. The summed E-state index contributed by atoms with van der Waals surface area (Å²) in [4.78, 5) is 1.40. The Morgan fingerprint density at radius 2 is 2.10 bits per heavy atom. The number of benzene rings is 1. The Labute approximate surface area is 115 Å². The molecule has 0 aliphatic carbocycles. The van der Waals surface area contributed by atoms with Crippen LogP contribution in [0, 0.1) is 5.41 Å². The van der Waals surface area contributed by atoms with E-state index in [-0.39, 0.29) is 0 Å². The Balaban J connectivity index is 2.17. The van der Waals surface area contributed by atoms with E-state index in [4.69, 9.17) is 11.1 Å². The first-order chi connectivity index (χ1) is 9.43. The number of nitrogens with one attached hydrogen (secondary N) is 1. The highest BCUT2D eigenvalue weighted by Gasteiger charge is 2.32. The molecule has 1 aliphatic heterocycles. The monoisotopic (exact) mass is 283 g/mol. The lowest BCUT2D eigenvalue weighted by Gasteiger charge is -2.29. The quantitative estimate of drug-likeness (QED) is 0.838. The zero-order chi connectivity index (χ0) is 14.8. The predicted octanol–water partition coefficient (Wildman–Crippen LogP) is 2.56. The first kappa shape index (κ1) is 14.6. The number of halogens is 3. The van der Waals surface area contributed by atoms with Gasteiger partial charge in [-0.15, -0.1) is 0 Å². The molecule has 0 saturated heterocycles. The van der Waals surface area contributed by atoms with Gasteiger partial charge >= 0.3 is 6.18 Å². The number of fused-ring (bicyclic) bond motifs is 1. The smallest absolute Gasteiger partial charge is 0.401 e. The SMILES string of the molecule is N=CC(=CN)c1ccc2c(c1)CCN(CC(F)(F)F)C2. The predicted molar refractivity (Wildman–Crippen MR) is 72.4 cm³/mol. The molecule has 3 N–H and O–H groups in total. The molecule has 108 valence electrons. The summed E-state index contributed by atoms with van der Waals surface area (Å²) in [5.41, 5.74) is 8.80. The number of rotatable bonds is 3. The number of alkyl halides is 3. The van der Waals surface area contributed by atoms with Gasteiger partial charge in [0.2, 0.25) is 0 Å². The molecule has 0 aromatic heterocycles. The van der Waals surface area contributed by atoms with Gasteiger partial charge in [0, 0.05) is 31.1 Å². The topological polar surface area (TPSA) is 53.1 Å². The van der Waals surface area contributed by atoms with Crippen molar-refractivity contribution in [1.29, 1.82) is 5.41 Å². The van der Waals surface area contributed by atoms with Crippen molar-refractivity contribution >= 4 is 11.8 Å². The molecule has 0 unspecified atom stereocenters. The maximum atomic E-state index is 12.4. The van der Waals surface area contributed by atoms with E-state index >= 15 is 0 Å². The summed E-state index contributed by atoms with van der Waals surface area (Å²) >= 11 is 0. The zero-order valence-electron chi connectivity index (χ0n) is 10.9. The Kier molecular flexibility index (Phi) is 4.13. The van der Waals surface area contributed by atoms with Crippen LogP contribution in [0.15, 0.2) is 24.4 Å². The van der Waals surface area contributed by atoms with Crippen LogP contribution in [0.5, 0.6) is 0 Å². The number of hydrogen-bond donors (Lipinski definition) is 2. The van der Waals surface area contributed by atoms with E-state index in [0.29, 0.717) is 25.1 Å². The van der Waals surface area contributed by atoms with E-state index in [1.54, 1.807) is 6.07 Å². The normalized spacial score (nSPS) is 16.9. The molecule has 2 rings (SSSR count). The maximum absolute atomic E-state index is 12.4. The van der Waals surface area contributed by atoms with E-state index < -0.39 is 12.7 Å². The first-order valence-corrected chi connectivity index (χ1v) is 6.26. The van der Waals surface area contributed by atoms with Crippen LogP contribution in [0.1, 0.15) is 16.7 Å². The summed E-state index contributed by atoms with van der Waals surface area (Å²) in [6, 6.07) is 5.52. The van der Waals surface area contributed by atoms with Crippen LogP contribution in [-0.2, 0) is 13.0 Å². The molecule has 0 spiro atoms. The number of allylic oxidation sites excluding steroid dienone is 1. The molecule has 0 radical (unpaired) electrons. The first-order valence-electron chi connectivity index (χ1n) is 6.26. The number of nitrogens with two attached hydrogens (primary N) is 1. The molecule has 1 aromatic rings. The van der Waals surface area contributed by atoms with Crippen molar-refractivity contribution < 1.29 is 13.2 Å². The Bertz CT molecular complexity index is 535. The van der Waals surface area contributed by atoms with Crippen molar-refractivity contribution in [2.45, 2.75) is 19.1 Å². The van der Waals surface area contributed by atoms with E-state index in [0.717, 1.165) is 16.7 Å². The van der Waals surface area contributed by atoms with Crippen LogP contribution in [0.4, 0.5) is 13.2 Å². The van der Waals surface area contributed by atoms with Crippen molar-refractivity contribution in [1.82, 2.24) is 4.90 Å². The summed E-state index contributed by atoms with van der Waals surface area (Å²) in [5, 5.41) is 7.26. The highest BCUT2D eigenvalue weighted by atomic mass is 19.4. The van der Waals surface area contributed by atoms with Gasteiger partial charge in [-0.3, -0.25) is 4.90 Å². The minimum Gasteiger partial charge on any atom is -0.404 e. The van der Waals surface area contributed by atoms with Gasteiger partial charge in [0.15, 0.2) is 0 Å². The molecule has 0 bridgehead atoms. The summed E-state index contributed by atoms with van der Waals surface area (Å²) in [7, 11) is 0. The average molecular weight is 283 g/mol. The standard InChI is InChI=1S/C14H16F3N3/c15-14(16,17)9-20-4-3-11-5-10(13(6-18)7-19)1-2-12(11)8-20/h1-2,5-7,18H,3-4,8-9,19H2. The minimum absolute atomic E-state index is 0.307. The molecule has 6 heteroatoms. The molecule has 1 heterocycles. The lowest BCUT2D eigenvalue weighted by atomic mass is 9.95. The third-order valence-electron chi connectivity index (χ3n) is 3.37. The summed E-state index contributed by atoms with van der Waals surface area (Å²) in [6.07, 6.45) is -1.06. The van der Waals surface area contributed by atoms with E-state index in [2.05, 4.69) is 0 Å². The van der Waals surface area contributed by atoms with Gasteiger partial charge in [0.25, 0.3) is 0 Å². The summed E-state index contributed by atoms with van der Waals surface area (Å²) in [5.74, 6) is 0. The minimum atomic E-state index is -4.16. The van der Waals surface area contributed by atoms with Crippen LogP contribution in [-0.4, -0.2) is 30.4 Å². The fourth-order valence-corrected chi connectivity index (χ4v) is 2.41. The maximum Gasteiger partial charge on any atom is 0.401 e. The lowest BCUT2D eigenvalue weighted by Crippen LogP contribution is -2.37. The number of hydrogen-bond acceptors (Lipinski definition) is 3. The molecule has 1 aliphatic rings. The van der Waals surface area contributed by atoms with Gasteiger partial charge in [0.1, 0.15) is 0 Å². The summed E-state index contributed by atoms with van der Waals surface area (Å²) < 4.78 is 37.2. The van der Waals surface area contributed by atoms with Crippen molar-refractivity contribution in [2.24, 2.45) is 5.73 Å². The molecule has 0 amide bonds. The molecule has 0 saturated carbocycles. The molecule has 0 atom stereocenters. The molecule has 20 heavy (non-hydrogen) atoms. The second-order valence-corrected chi connectivity index (χ2v) is 4.83. The average Bonchev–Trinajstić information content (AvgIpc) is 2.38. The molecule has 1 aromatic carbocycles. The van der Waals surface area contributed by atoms with Crippen molar-refractivity contribution in [3.05, 3.63) is 41.1 Å². The highest BCUT2D eigenvalue weighted by molar-refractivity contribution is 6.08. The second-order valence-electron chi connectivity index (χ2n) is 4.83. The van der Waals surface area contributed by atoms with Crippen molar-refractivity contribution in [3.63, 3.8) is 0 Å². The summed E-state index contributed by atoms with van der Waals surface area (Å²) in [6.45, 7) is -0.174. The lowest BCUT2D eigenvalue weighted by molar-refractivity contribution is -0.147. The van der Waals surface area contributed by atoms with Crippen LogP contribution in [0.3, 0.4) is 0 Å². The molecular formula is C14H16F3N3. The molecule has 0 fully saturated rings. The van der Waals surface area contributed by atoms with Gasteiger partial charge in [-0.1, -0.05) is 18.2 Å². The Morgan fingerprint density at radius 1 is 1.35 bits per heavy atom. The largest absolute Gasteiger partial charge is 0.404 e. The van der Waals surface area contributed by atoms with E-state index in [9.17, 15) is 13.2 Å². The van der Waals surface area contributed by atoms with E-state index in [1.165, 1.54) is 17.3 Å². The van der Waals surface area contributed by atoms with Crippen LogP contribution < -0.4 is 5.73 Å². The third-order valence-corrected chi connectivity index (χ3v) is 3.37. The fraction of sp³-hybridized carbons (Fsp3) is 0.357. The van der Waals surface area contributed by atoms with Gasteiger partial charge < -0.3 is 11.1 Å². The van der Waals surface area contributed by atoms with Crippen LogP contribution >= 0.6 is 0 Å². The van der Waals surface area contributed by atoms with Gasteiger partial charge in [0.05, 0.1) is 6.54 Å². The second kappa shape index (κ2) is 5.66. The fourth-order valence-electron chi connectivity index (χ4n) is 2.41. The third kappa shape index (κ3) is 3.39. The Morgan fingerprint density at radius 3 is 2.70 bits per heavy atom. The van der Waals surface area contributed by atoms with Crippen LogP contribution in [0.2, 0.25) is 0 Å². The zero-order valence-corrected chi connectivity index (χ0v) is 10.9. The van der Waals surface area contributed by atoms with Gasteiger partial charge in [-0.2, -0.15) is 13.2 Å². The van der Waals surface area contributed by atoms with Gasteiger partial charge in [-0.25, -0.2) is 0 Å². The molecule has 3 nitrogen and oxygen atoms in total. The number of nitrogens with zero attached hydrogens (tertiary/aromatic N) is 1. The van der Waals surface area contributed by atoms with Gasteiger partial charge in [-0.05, 0) is 23.1 Å². The highest BCUT2D eigenvalue weighted by Crippen LogP contribution is 2.25. The van der Waals surface area contributed by atoms with Crippen molar-refractivity contribution in [3.8, 4) is 0 Å². The van der Waals surface area contributed by atoms with Crippen molar-refractivity contribution in [2.75, 3.05) is 13.1 Å². The Hall–Kier alpha value is -1.82. The van der Waals surface area contributed by atoms with Crippen LogP contribution in [0.25, 0.3) is 5.57 Å².